The molecule has 1 aromatic heterocycles. The summed E-state index contributed by atoms with van der Waals surface area (Å²) >= 11 is 4.80. The minimum Gasteiger partial charge on any atom is -0.466 e. The number of carbonyl (C=O) groups excluding carboxylic acids is 1. The van der Waals surface area contributed by atoms with Crippen molar-refractivity contribution >= 4 is 28.8 Å². The lowest BCUT2D eigenvalue weighted by Crippen LogP contribution is -2.19. The molecular weight excluding hydrogens is 279 g/mol. The number of aryl methyl sites for hydroxylation is 2. The third-order valence-electron chi connectivity index (χ3n) is 2.79. The molecule has 1 heterocycles. The van der Waals surface area contributed by atoms with Crippen molar-refractivity contribution in [3.05, 3.63) is 52.7 Å². The van der Waals surface area contributed by atoms with Crippen LogP contribution in [0.5, 0.6) is 0 Å². The summed E-state index contributed by atoms with van der Waals surface area (Å²) in [5, 5.41) is 2.60. The highest BCUT2D eigenvalue weighted by Crippen LogP contribution is 2.21. The van der Waals surface area contributed by atoms with E-state index in [-0.39, 0.29) is 16.2 Å². The molecule has 0 unspecified atom stereocenters. The van der Waals surface area contributed by atoms with Gasteiger partial charge >= 0.3 is 0 Å². The molecule has 0 aliphatic heterocycles. The summed E-state index contributed by atoms with van der Waals surface area (Å²) in [7, 11) is 0. The Balaban J connectivity index is 2.36. The Hall–Kier alpha value is -2.21. The van der Waals surface area contributed by atoms with E-state index in [1.165, 1.54) is 18.2 Å². The molecule has 0 fully saturated rings. The lowest BCUT2D eigenvalue weighted by Gasteiger charge is -2.10. The zero-order valence-corrected chi connectivity index (χ0v) is 11.8. The first-order chi connectivity index (χ1) is 9.40. The molecule has 2 rings (SSSR count). The number of hydrogen-bond donors (Lipinski definition) is 2. The second-order valence-electron chi connectivity index (χ2n) is 4.31. The van der Waals surface area contributed by atoms with E-state index in [1.807, 2.05) is 0 Å². The highest BCUT2D eigenvalue weighted by atomic mass is 32.1. The first-order valence-electron chi connectivity index (χ1n) is 5.87. The number of nitrogens with one attached hydrogen (secondary N) is 1. The molecule has 1 aromatic carbocycles. The maximum atomic E-state index is 13.7. The first-order valence-corrected chi connectivity index (χ1v) is 6.27. The lowest BCUT2D eigenvalue weighted by molar-refractivity contribution is 0.102. The summed E-state index contributed by atoms with van der Waals surface area (Å²) < 4.78 is 19.0. The zero-order chi connectivity index (χ0) is 14.9. The average molecular weight is 292 g/mol. The van der Waals surface area contributed by atoms with Gasteiger partial charge in [0.1, 0.15) is 22.3 Å². The van der Waals surface area contributed by atoms with Crippen molar-refractivity contribution in [3.63, 3.8) is 0 Å². The number of carbonyl (C=O) groups is 1. The predicted octanol–water partition coefficient (Wildman–Crippen LogP) is 2.92. The van der Waals surface area contributed by atoms with Gasteiger partial charge in [0.2, 0.25) is 0 Å². The van der Waals surface area contributed by atoms with Crippen LogP contribution in [0.25, 0.3) is 0 Å². The number of anilines is 1. The van der Waals surface area contributed by atoms with Crippen molar-refractivity contribution < 1.29 is 13.6 Å². The monoisotopic (exact) mass is 292 g/mol. The highest BCUT2D eigenvalue weighted by Gasteiger charge is 2.17. The standard InChI is InChI=1S/C14H13FN2O2S/c1-7-6-9(8(2)19-7)14(18)17-11-5-3-4-10(15)12(11)13(16)20/h3-6H,1-2H3,(H2,16,20)(H,17,18). The topological polar surface area (TPSA) is 68.3 Å². The summed E-state index contributed by atoms with van der Waals surface area (Å²) in [5.74, 6) is 0.146. The van der Waals surface area contributed by atoms with Gasteiger partial charge in [0.05, 0.1) is 16.8 Å². The quantitative estimate of drug-likeness (QED) is 0.853. The van der Waals surface area contributed by atoms with E-state index in [9.17, 15) is 9.18 Å². The van der Waals surface area contributed by atoms with E-state index in [0.717, 1.165) is 0 Å². The van der Waals surface area contributed by atoms with Crippen molar-refractivity contribution in [1.82, 2.24) is 0 Å². The van der Waals surface area contributed by atoms with E-state index in [2.05, 4.69) is 5.32 Å². The van der Waals surface area contributed by atoms with Crippen molar-refractivity contribution in [2.75, 3.05) is 5.32 Å². The SMILES string of the molecule is Cc1cc(C(=O)Nc2cccc(F)c2C(N)=S)c(C)o1. The second kappa shape index (κ2) is 5.42. The summed E-state index contributed by atoms with van der Waals surface area (Å²) in [6, 6.07) is 5.86. The maximum Gasteiger partial charge on any atom is 0.259 e. The molecule has 0 atom stereocenters. The lowest BCUT2D eigenvalue weighted by atomic mass is 10.1. The van der Waals surface area contributed by atoms with E-state index in [0.29, 0.717) is 17.1 Å². The van der Waals surface area contributed by atoms with Gasteiger partial charge in [0.15, 0.2) is 0 Å². The molecule has 0 aliphatic rings. The molecule has 104 valence electrons. The summed E-state index contributed by atoms with van der Waals surface area (Å²) in [6.45, 7) is 3.42. The number of benzene rings is 1. The minimum atomic E-state index is -0.574. The molecule has 20 heavy (non-hydrogen) atoms. The van der Waals surface area contributed by atoms with E-state index in [1.54, 1.807) is 19.9 Å². The number of furan rings is 1. The Morgan fingerprint density at radius 1 is 1.40 bits per heavy atom. The van der Waals surface area contributed by atoms with Crippen LogP contribution in [0.3, 0.4) is 0 Å². The van der Waals surface area contributed by atoms with Crippen LogP contribution in [0.4, 0.5) is 10.1 Å². The fourth-order valence-electron chi connectivity index (χ4n) is 1.92. The molecule has 1 amide bonds. The van der Waals surface area contributed by atoms with Crippen LogP contribution >= 0.6 is 12.2 Å². The van der Waals surface area contributed by atoms with Crippen LogP contribution in [0, 0.1) is 19.7 Å². The van der Waals surface area contributed by atoms with Crippen LogP contribution < -0.4 is 11.1 Å². The van der Waals surface area contributed by atoms with Gasteiger partial charge in [0.25, 0.3) is 5.91 Å². The summed E-state index contributed by atoms with van der Waals surface area (Å²) in [6.07, 6.45) is 0. The van der Waals surface area contributed by atoms with Crippen molar-refractivity contribution in [2.24, 2.45) is 5.73 Å². The molecule has 0 saturated heterocycles. The number of amides is 1. The Bertz CT molecular complexity index is 694. The number of rotatable bonds is 3. The number of halogens is 1. The normalized spacial score (nSPS) is 10.3. The predicted molar refractivity (Wildman–Crippen MR) is 78.4 cm³/mol. The average Bonchev–Trinajstić information content (AvgIpc) is 2.68. The highest BCUT2D eigenvalue weighted by molar-refractivity contribution is 7.80. The van der Waals surface area contributed by atoms with Gasteiger partial charge in [-0.15, -0.1) is 0 Å². The number of thiocarbonyl (C=S) groups is 1. The van der Waals surface area contributed by atoms with Crippen molar-refractivity contribution in [1.29, 1.82) is 0 Å². The van der Waals surface area contributed by atoms with Gasteiger partial charge in [-0.2, -0.15) is 0 Å². The molecule has 0 radical (unpaired) electrons. The third-order valence-corrected chi connectivity index (χ3v) is 3.00. The van der Waals surface area contributed by atoms with Gasteiger partial charge in [-0.05, 0) is 32.0 Å². The molecule has 3 N–H and O–H groups in total. The molecular formula is C14H13FN2O2S. The molecule has 0 saturated carbocycles. The fraction of sp³-hybridized carbons (Fsp3) is 0.143. The van der Waals surface area contributed by atoms with Crippen molar-refractivity contribution in [2.45, 2.75) is 13.8 Å². The smallest absolute Gasteiger partial charge is 0.259 e. The molecule has 0 spiro atoms. The van der Waals surface area contributed by atoms with Gasteiger partial charge in [-0.3, -0.25) is 4.79 Å². The van der Waals surface area contributed by atoms with Crippen LogP contribution in [-0.2, 0) is 0 Å². The van der Waals surface area contributed by atoms with E-state index >= 15 is 0 Å². The minimum absolute atomic E-state index is 0.0220. The van der Waals surface area contributed by atoms with Crippen LogP contribution in [0.2, 0.25) is 0 Å². The number of nitrogens with two attached hydrogens (primary N) is 1. The van der Waals surface area contributed by atoms with Gasteiger partial charge < -0.3 is 15.5 Å². The Labute approximate surface area is 120 Å². The van der Waals surface area contributed by atoms with Crippen LogP contribution in [-0.4, -0.2) is 10.9 Å². The maximum absolute atomic E-state index is 13.7. The van der Waals surface area contributed by atoms with Gasteiger partial charge in [0, 0.05) is 0 Å². The van der Waals surface area contributed by atoms with Gasteiger partial charge in [-0.25, -0.2) is 4.39 Å². The fourth-order valence-corrected chi connectivity index (χ4v) is 2.13. The molecule has 0 aliphatic carbocycles. The van der Waals surface area contributed by atoms with E-state index < -0.39 is 11.7 Å². The van der Waals surface area contributed by atoms with Crippen LogP contribution in [0.1, 0.15) is 27.4 Å². The second-order valence-corrected chi connectivity index (χ2v) is 4.75. The van der Waals surface area contributed by atoms with E-state index in [4.69, 9.17) is 22.4 Å². The Kier molecular flexibility index (Phi) is 3.85. The first kappa shape index (κ1) is 14.2. The largest absolute Gasteiger partial charge is 0.466 e. The summed E-state index contributed by atoms with van der Waals surface area (Å²) in [5.41, 5.74) is 6.13. The number of hydrogen-bond acceptors (Lipinski definition) is 3. The molecule has 0 bridgehead atoms. The summed E-state index contributed by atoms with van der Waals surface area (Å²) in [4.78, 5) is 12.0. The molecule has 2 aromatic rings. The zero-order valence-electron chi connectivity index (χ0n) is 11.0. The molecule has 6 heteroatoms. The Morgan fingerprint density at radius 2 is 2.10 bits per heavy atom. The van der Waals surface area contributed by atoms with Crippen molar-refractivity contribution in [3.8, 4) is 0 Å². The van der Waals surface area contributed by atoms with Gasteiger partial charge in [-0.1, -0.05) is 18.3 Å². The molecule has 4 nitrogen and oxygen atoms in total. The Morgan fingerprint density at radius 3 is 2.65 bits per heavy atom. The third kappa shape index (κ3) is 2.70. The van der Waals surface area contributed by atoms with Crippen LogP contribution in [0.15, 0.2) is 28.7 Å².